The number of aliphatic carboxylic acids is 1. The molecule has 0 saturated carbocycles. The van der Waals surface area contributed by atoms with Crippen molar-refractivity contribution in [3.05, 3.63) is 13.3 Å². The van der Waals surface area contributed by atoms with Crippen molar-refractivity contribution in [2.75, 3.05) is 0 Å². The molecule has 2 nitrogen and oxygen atoms in total. The van der Waals surface area contributed by atoms with Crippen LogP contribution < -0.4 is 0 Å². The van der Waals surface area contributed by atoms with Crippen LogP contribution in [-0.2, 0) is 37.5 Å². The van der Waals surface area contributed by atoms with E-state index >= 15 is 0 Å². The number of hydrogen-bond donors (Lipinski definition) is 1. The van der Waals surface area contributed by atoms with Crippen LogP contribution in [-0.4, -0.2) is 11.1 Å². The van der Waals surface area contributed by atoms with E-state index in [4.69, 9.17) is 5.11 Å². The van der Waals surface area contributed by atoms with Crippen molar-refractivity contribution in [1.29, 1.82) is 0 Å². The van der Waals surface area contributed by atoms with Crippen molar-refractivity contribution in [2.24, 2.45) is 0 Å². The molecule has 0 amide bonds. The molecule has 0 spiro atoms. The molecule has 0 aliphatic rings. The molecular formula is C5H10O2Y-2. The topological polar surface area (TPSA) is 37.3 Å². The van der Waals surface area contributed by atoms with Crippen molar-refractivity contribution in [3.63, 3.8) is 0 Å². The van der Waals surface area contributed by atoms with Gasteiger partial charge in [-0.2, -0.15) is 13.8 Å². The van der Waals surface area contributed by atoms with Gasteiger partial charge in [-0.05, 0) is 0 Å². The first kappa shape index (κ1) is 15.8. The quantitative estimate of drug-likeness (QED) is 0.631. The Balaban J connectivity index is -0.000000125. The Hall–Kier alpha value is 0.444. The van der Waals surface area contributed by atoms with Crippen molar-refractivity contribution in [1.82, 2.24) is 0 Å². The molecule has 0 aromatic rings. The number of rotatable bonds is 1. The molecule has 0 unspecified atom stereocenters. The summed E-state index contributed by atoms with van der Waals surface area (Å²) in [5.74, 6) is -0.398. The van der Waals surface area contributed by atoms with Gasteiger partial charge in [-0.25, -0.2) is 0 Å². The molecular weight excluding hydrogens is 181 g/mol. The van der Waals surface area contributed by atoms with Gasteiger partial charge in [0.2, 0.25) is 0 Å². The van der Waals surface area contributed by atoms with Gasteiger partial charge in [0, 0.05) is 32.7 Å². The maximum Gasteiger partial charge on any atom is 0.166 e. The van der Waals surface area contributed by atoms with E-state index in [1.54, 1.807) is 13.8 Å². The fourth-order valence-corrected chi connectivity index (χ4v) is 0. The normalized spacial score (nSPS) is 5.75. The molecule has 0 aromatic carbocycles. The smallest absolute Gasteiger partial charge is 0.166 e. The first-order chi connectivity index (χ1) is 2.64. The van der Waals surface area contributed by atoms with Gasteiger partial charge in [0.25, 0.3) is 0 Å². The van der Waals surface area contributed by atoms with Gasteiger partial charge in [0.05, 0.1) is 0 Å². The van der Waals surface area contributed by atoms with E-state index in [2.05, 4.69) is 0 Å². The van der Waals surface area contributed by atoms with E-state index in [1.165, 1.54) is 0 Å². The van der Waals surface area contributed by atoms with Crippen LogP contribution in [0.25, 0.3) is 0 Å². The summed E-state index contributed by atoms with van der Waals surface area (Å²) >= 11 is 0. The Kier molecular flexibility index (Phi) is 14.7. The molecule has 3 heteroatoms. The Labute approximate surface area is 75.5 Å². The van der Waals surface area contributed by atoms with Crippen LogP contribution in [0.3, 0.4) is 0 Å². The molecule has 0 aliphatic carbocycles. The molecule has 47 valence electrons. The van der Waals surface area contributed by atoms with E-state index in [0.717, 1.165) is 0 Å². The van der Waals surface area contributed by atoms with Crippen LogP contribution in [0.15, 0.2) is 0 Å². The molecule has 8 heavy (non-hydrogen) atoms. The molecule has 0 rings (SSSR count). The molecule has 1 radical (unpaired) electrons. The maximum atomic E-state index is 9.66. The van der Waals surface area contributed by atoms with E-state index in [9.17, 15) is 4.79 Å². The predicted octanol–water partition coefficient (Wildman–Crippen LogP) is 1.13. The summed E-state index contributed by atoms with van der Waals surface area (Å²) in [5.41, 5.74) is 0. The first-order valence-corrected chi connectivity index (χ1v) is 1.68. The van der Waals surface area contributed by atoms with Gasteiger partial charge >= 0.3 is 0 Å². The van der Waals surface area contributed by atoms with Crippen molar-refractivity contribution in [3.8, 4) is 0 Å². The Morgan fingerprint density at radius 3 is 1.62 bits per heavy atom. The van der Waals surface area contributed by atoms with Gasteiger partial charge in [0.15, 0.2) is 5.97 Å². The van der Waals surface area contributed by atoms with Crippen LogP contribution in [0.4, 0.5) is 0 Å². The van der Waals surface area contributed by atoms with Crippen LogP contribution in [0.1, 0.15) is 13.8 Å². The number of carboxylic acid groups (broad SMARTS) is 1. The molecule has 0 atom stereocenters. The SMILES string of the molecule is C[C-](C)C(=O)O.[CH3-].[Y]. The summed E-state index contributed by atoms with van der Waals surface area (Å²) in [6.45, 7) is 3.12. The molecule has 0 aromatic heterocycles. The Bertz CT molecular complexity index is 61.4. The third-order valence-corrected chi connectivity index (χ3v) is 0.428. The fraction of sp³-hybridized carbons (Fsp3) is 0.400. The van der Waals surface area contributed by atoms with Gasteiger partial charge in [0.1, 0.15) is 0 Å². The van der Waals surface area contributed by atoms with E-state index in [1.807, 2.05) is 0 Å². The summed E-state index contributed by atoms with van der Waals surface area (Å²) in [6, 6.07) is 0. The Morgan fingerprint density at radius 2 is 1.62 bits per heavy atom. The standard InChI is InChI=1S/C4H7O2.CH3.Y/c1-3(2)4(5)6;;/h1-2H3,(H,5,6);1H3;/q2*-1;. The average molecular weight is 191 g/mol. The number of carboxylic acids is 1. The second-order valence-corrected chi connectivity index (χ2v) is 1.31. The molecule has 0 heterocycles. The maximum absolute atomic E-state index is 9.66. The molecule has 0 fully saturated rings. The van der Waals surface area contributed by atoms with Gasteiger partial charge < -0.3 is 12.5 Å². The molecule has 1 N–H and O–H groups in total. The van der Waals surface area contributed by atoms with Crippen LogP contribution >= 0.6 is 0 Å². The third-order valence-electron chi connectivity index (χ3n) is 0.428. The van der Waals surface area contributed by atoms with Crippen molar-refractivity contribution in [2.45, 2.75) is 13.8 Å². The summed E-state index contributed by atoms with van der Waals surface area (Å²) in [6.07, 6.45) is 0. The zero-order chi connectivity index (χ0) is 5.15. The minimum atomic E-state index is -0.824. The molecule has 0 saturated heterocycles. The van der Waals surface area contributed by atoms with Gasteiger partial charge in [-0.1, -0.05) is 0 Å². The minimum Gasteiger partial charge on any atom is -0.503 e. The van der Waals surface area contributed by atoms with Gasteiger partial charge in [-0.3, -0.25) is 10.7 Å². The van der Waals surface area contributed by atoms with E-state index in [0.29, 0.717) is 5.92 Å². The summed E-state index contributed by atoms with van der Waals surface area (Å²) in [4.78, 5) is 9.66. The van der Waals surface area contributed by atoms with Crippen LogP contribution in [0, 0.1) is 13.3 Å². The van der Waals surface area contributed by atoms with Crippen molar-refractivity contribution >= 4 is 5.97 Å². The number of carbonyl (C=O) groups is 1. The molecule has 0 bridgehead atoms. The van der Waals surface area contributed by atoms with Crippen LogP contribution in [0.2, 0.25) is 0 Å². The van der Waals surface area contributed by atoms with E-state index < -0.39 is 5.97 Å². The number of hydrogen-bond acceptors (Lipinski definition) is 1. The third kappa shape index (κ3) is 9.67. The predicted molar refractivity (Wildman–Crippen MR) is 28.6 cm³/mol. The first-order valence-electron chi connectivity index (χ1n) is 1.68. The zero-order valence-corrected chi connectivity index (χ0v) is 8.27. The van der Waals surface area contributed by atoms with Crippen LogP contribution in [0.5, 0.6) is 0 Å². The average Bonchev–Trinajstić information content (AvgIpc) is 1.36. The second-order valence-electron chi connectivity index (χ2n) is 1.31. The van der Waals surface area contributed by atoms with Crippen molar-refractivity contribution < 1.29 is 42.6 Å². The zero-order valence-electron chi connectivity index (χ0n) is 5.43. The summed E-state index contributed by atoms with van der Waals surface area (Å²) < 4.78 is 0. The molecule has 0 aliphatic heterocycles. The van der Waals surface area contributed by atoms with E-state index in [-0.39, 0.29) is 40.1 Å². The fourth-order valence-electron chi connectivity index (χ4n) is 0. The second kappa shape index (κ2) is 7.44. The Morgan fingerprint density at radius 1 is 1.50 bits per heavy atom. The summed E-state index contributed by atoms with van der Waals surface area (Å²) in [5, 5.41) is 7.95. The monoisotopic (exact) mass is 191 g/mol. The largest absolute Gasteiger partial charge is 0.503 e. The summed E-state index contributed by atoms with van der Waals surface area (Å²) in [7, 11) is 0. The van der Waals surface area contributed by atoms with Gasteiger partial charge in [-0.15, -0.1) is 0 Å². The minimum absolute atomic E-state index is 0.